The molecule has 0 amide bonds. The second kappa shape index (κ2) is 7.03. The third-order valence-corrected chi connectivity index (χ3v) is 4.29. The molecule has 0 spiro atoms. The minimum Gasteiger partial charge on any atom is -0.462 e. The van der Waals surface area contributed by atoms with Gasteiger partial charge < -0.3 is 15.0 Å². The molecule has 3 aromatic rings. The van der Waals surface area contributed by atoms with Crippen LogP contribution in [0.3, 0.4) is 0 Å². The fraction of sp³-hybridized carbons (Fsp3) is 0.150. The number of nitrogen functional groups attached to an aromatic ring is 1. The Hall–Kier alpha value is -2.72. The summed E-state index contributed by atoms with van der Waals surface area (Å²) in [5, 5.41) is 0.664. The van der Waals surface area contributed by atoms with Gasteiger partial charge in [-0.15, -0.1) is 0 Å². The van der Waals surface area contributed by atoms with Crippen molar-refractivity contribution in [3.8, 4) is 16.9 Å². The molecule has 0 fully saturated rings. The number of nitrogens with two attached hydrogens (primary N) is 1. The average Bonchev–Trinajstić information content (AvgIpc) is 2.94. The number of carbonyl (C=O) groups excluding carboxylic acids is 1. The standard InChI is InChI=1S/C20H19ClN2O2/c1-3-25-20(24)18-12-19(14-4-6-15(21)7-5-14)23(13(18)2)17-10-8-16(22)9-11-17/h4-12H,3,22H2,1-2H3. The first-order valence-corrected chi connectivity index (χ1v) is 8.40. The van der Waals surface area contributed by atoms with Crippen molar-refractivity contribution in [3.05, 3.63) is 70.9 Å². The highest BCUT2D eigenvalue weighted by Crippen LogP contribution is 2.31. The maximum atomic E-state index is 12.3. The molecule has 0 saturated carbocycles. The minimum atomic E-state index is -0.329. The molecule has 0 atom stereocenters. The molecule has 25 heavy (non-hydrogen) atoms. The molecule has 0 aliphatic carbocycles. The Bertz CT molecular complexity index is 897. The predicted octanol–water partition coefficient (Wildman–Crippen LogP) is 4.87. The smallest absolute Gasteiger partial charge is 0.339 e. The number of esters is 1. The van der Waals surface area contributed by atoms with E-state index in [1.165, 1.54) is 0 Å². The van der Waals surface area contributed by atoms with Crippen LogP contribution >= 0.6 is 11.6 Å². The SMILES string of the molecule is CCOC(=O)c1cc(-c2ccc(Cl)cc2)n(-c2ccc(N)cc2)c1C. The molecule has 4 nitrogen and oxygen atoms in total. The summed E-state index contributed by atoms with van der Waals surface area (Å²) in [4.78, 5) is 12.3. The van der Waals surface area contributed by atoms with Crippen molar-refractivity contribution < 1.29 is 9.53 Å². The van der Waals surface area contributed by atoms with Crippen LogP contribution in [0.5, 0.6) is 0 Å². The van der Waals surface area contributed by atoms with Crippen molar-refractivity contribution in [2.75, 3.05) is 12.3 Å². The fourth-order valence-electron chi connectivity index (χ4n) is 2.81. The number of hydrogen-bond donors (Lipinski definition) is 1. The zero-order valence-electron chi connectivity index (χ0n) is 14.1. The fourth-order valence-corrected chi connectivity index (χ4v) is 2.94. The number of carbonyl (C=O) groups is 1. The van der Waals surface area contributed by atoms with Gasteiger partial charge in [0.1, 0.15) is 0 Å². The molecule has 0 aliphatic heterocycles. The molecule has 3 rings (SSSR count). The maximum Gasteiger partial charge on any atom is 0.339 e. The van der Waals surface area contributed by atoms with Crippen molar-refractivity contribution in [3.63, 3.8) is 0 Å². The van der Waals surface area contributed by atoms with Crippen LogP contribution in [0.4, 0.5) is 5.69 Å². The third kappa shape index (κ3) is 3.39. The highest BCUT2D eigenvalue weighted by molar-refractivity contribution is 6.30. The third-order valence-electron chi connectivity index (χ3n) is 4.03. The average molecular weight is 355 g/mol. The molecule has 0 saturated heterocycles. The summed E-state index contributed by atoms with van der Waals surface area (Å²) in [5.74, 6) is -0.329. The second-order valence-corrected chi connectivity index (χ2v) is 6.12. The lowest BCUT2D eigenvalue weighted by molar-refractivity contribution is 0.0525. The van der Waals surface area contributed by atoms with Gasteiger partial charge in [0, 0.05) is 22.1 Å². The summed E-state index contributed by atoms with van der Waals surface area (Å²) in [6.07, 6.45) is 0. The largest absolute Gasteiger partial charge is 0.462 e. The van der Waals surface area contributed by atoms with Crippen LogP contribution < -0.4 is 5.73 Å². The van der Waals surface area contributed by atoms with Gasteiger partial charge >= 0.3 is 5.97 Å². The lowest BCUT2D eigenvalue weighted by atomic mass is 10.1. The summed E-state index contributed by atoms with van der Waals surface area (Å²) < 4.78 is 7.22. The molecule has 128 valence electrons. The van der Waals surface area contributed by atoms with Gasteiger partial charge in [0.25, 0.3) is 0 Å². The molecule has 1 heterocycles. The van der Waals surface area contributed by atoms with Crippen molar-refractivity contribution in [1.29, 1.82) is 0 Å². The van der Waals surface area contributed by atoms with E-state index < -0.39 is 0 Å². The van der Waals surface area contributed by atoms with Gasteiger partial charge in [0.15, 0.2) is 0 Å². The normalized spacial score (nSPS) is 10.7. The Morgan fingerprint density at radius 1 is 1.12 bits per heavy atom. The lowest BCUT2D eigenvalue weighted by Gasteiger charge is -2.13. The number of halogens is 1. The number of ether oxygens (including phenoxy) is 1. The van der Waals surface area contributed by atoms with E-state index in [9.17, 15) is 4.79 Å². The first kappa shape index (κ1) is 17.1. The second-order valence-electron chi connectivity index (χ2n) is 5.68. The summed E-state index contributed by atoms with van der Waals surface area (Å²) in [6, 6.07) is 16.9. The Balaban J connectivity index is 2.21. The van der Waals surface area contributed by atoms with Crippen molar-refractivity contribution in [1.82, 2.24) is 4.57 Å². The number of hydrogen-bond acceptors (Lipinski definition) is 3. The zero-order chi connectivity index (χ0) is 18.0. The lowest BCUT2D eigenvalue weighted by Crippen LogP contribution is -2.07. The summed E-state index contributed by atoms with van der Waals surface area (Å²) in [5.41, 5.74) is 10.6. The molecule has 1 aromatic heterocycles. The van der Waals surface area contributed by atoms with Gasteiger partial charge in [-0.3, -0.25) is 0 Å². The molecule has 0 aliphatic rings. The van der Waals surface area contributed by atoms with E-state index in [2.05, 4.69) is 0 Å². The maximum absolute atomic E-state index is 12.3. The molecule has 0 radical (unpaired) electrons. The number of aromatic nitrogens is 1. The topological polar surface area (TPSA) is 57.2 Å². The van der Waals surface area contributed by atoms with E-state index in [4.69, 9.17) is 22.1 Å². The van der Waals surface area contributed by atoms with E-state index in [1.54, 1.807) is 6.92 Å². The van der Waals surface area contributed by atoms with Gasteiger partial charge in [0.05, 0.1) is 17.9 Å². The van der Waals surface area contributed by atoms with Crippen LogP contribution in [0.25, 0.3) is 16.9 Å². The molecule has 5 heteroatoms. The van der Waals surface area contributed by atoms with Gasteiger partial charge in [-0.1, -0.05) is 23.7 Å². The van der Waals surface area contributed by atoms with Crippen LogP contribution in [0, 0.1) is 6.92 Å². The Kier molecular flexibility index (Phi) is 4.81. The summed E-state index contributed by atoms with van der Waals surface area (Å²) >= 11 is 6.01. The van der Waals surface area contributed by atoms with Gasteiger partial charge in [-0.25, -0.2) is 4.79 Å². The first-order valence-electron chi connectivity index (χ1n) is 8.02. The van der Waals surface area contributed by atoms with Crippen molar-refractivity contribution >= 4 is 23.3 Å². The molecule has 2 N–H and O–H groups in total. The zero-order valence-corrected chi connectivity index (χ0v) is 14.9. The summed E-state index contributed by atoms with van der Waals surface area (Å²) in [6.45, 7) is 4.04. The predicted molar refractivity (Wildman–Crippen MR) is 101 cm³/mol. The Morgan fingerprint density at radius 3 is 2.36 bits per heavy atom. The van der Waals surface area contributed by atoms with Crippen LogP contribution in [-0.2, 0) is 4.74 Å². The van der Waals surface area contributed by atoms with Crippen molar-refractivity contribution in [2.45, 2.75) is 13.8 Å². The van der Waals surface area contributed by atoms with Crippen LogP contribution in [0.2, 0.25) is 5.02 Å². The Labute approximate surface area is 151 Å². The van der Waals surface area contributed by atoms with E-state index in [0.29, 0.717) is 22.9 Å². The summed E-state index contributed by atoms with van der Waals surface area (Å²) in [7, 11) is 0. The number of rotatable bonds is 4. The van der Waals surface area contributed by atoms with Crippen LogP contribution in [0.1, 0.15) is 23.0 Å². The van der Waals surface area contributed by atoms with E-state index >= 15 is 0 Å². The van der Waals surface area contributed by atoms with Crippen LogP contribution in [-0.4, -0.2) is 17.1 Å². The van der Waals surface area contributed by atoms with Gasteiger partial charge in [0.2, 0.25) is 0 Å². The molecule has 2 aromatic carbocycles. The molecular formula is C20H19ClN2O2. The van der Waals surface area contributed by atoms with Gasteiger partial charge in [-0.2, -0.15) is 0 Å². The Morgan fingerprint density at radius 2 is 1.76 bits per heavy atom. The quantitative estimate of drug-likeness (QED) is 0.537. The number of nitrogens with zero attached hydrogens (tertiary/aromatic N) is 1. The highest BCUT2D eigenvalue weighted by atomic mass is 35.5. The highest BCUT2D eigenvalue weighted by Gasteiger charge is 2.20. The van der Waals surface area contributed by atoms with E-state index in [-0.39, 0.29) is 5.97 Å². The van der Waals surface area contributed by atoms with Gasteiger partial charge in [-0.05, 0) is 61.9 Å². The molecule has 0 unspecified atom stereocenters. The van der Waals surface area contributed by atoms with E-state index in [1.807, 2.05) is 66.1 Å². The first-order chi connectivity index (χ1) is 12.0. The molecule has 0 bridgehead atoms. The molecular weight excluding hydrogens is 336 g/mol. The van der Waals surface area contributed by atoms with Crippen molar-refractivity contribution in [2.24, 2.45) is 0 Å². The minimum absolute atomic E-state index is 0.329. The number of anilines is 1. The monoisotopic (exact) mass is 354 g/mol. The van der Waals surface area contributed by atoms with Crippen LogP contribution in [0.15, 0.2) is 54.6 Å². The van der Waals surface area contributed by atoms with E-state index in [0.717, 1.165) is 22.6 Å². The number of benzene rings is 2.